The largest absolute Gasteiger partial charge is 0.326 e. The number of aromatic nitrogens is 3. The second-order valence-corrected chi connectivity index (χ2v) is 7.11. The van der Waals surface area contributed by atoms with Crippen LogP contribution in [-0.2, 0) is 16.0 Å². The summed E-state index contributed by atoms with van der Waals surface area (Å²) in [5, 5.41) is 9.41. The van der Waals surface area contributed by atoms with Crippen molar-refractivity contribution in [1.29, 1.82) is 0 Å². The van der Waals surface area contributed by atoms with Crippen LogP contribution in [0.3, 0.4) is 0 Å². The van der Waals surface area contributed by atoms with Gasteiger partial charge in [0.25, 0.3) is 5.56 Å². The standard InChI is InChI=1S/C22H21N5O3/c1-13-17(22(30)27-21(23-13)18-8-3-4-9-19(18)26-27)10-11-20(29)25-16-7-5-6-15(12-16)24-14(2)28/h3-9,12,26H,10-11H2,1-2H3,(H,24,28)(H,25,29). The van der Waals surface area contributed by atoms with Crippen molar-refractivity contribution in [1.82, 2.24) is 14.6 Å². The van der Waals surface area contributed by atoms with Gasteiger partial charge in [-0.2, -0.15) is 0 Å². The van der Waals surface area contributed by atoms with Crippen molar-refractivity contribution >= 4 is 39.7 Å². The van der Waals surface area contributed by atoms with Crippen molar-refractivity contribution in [2.24, 2.45) is 0 Å². The molecule has 0 saturated heterocycles. The summed E-state index contributed by atoms with van der Waals surface area (Å²) in [6, 6.07) is 14.5. The van der Waals surface area contributed by atoms with Crippen LogP contribution in [0, 0.1) is 6.92 Å². The molecule has 0 aliphatic heterocycles. The van der Waals surface area contributed by atoms with Crippen LogP contribution in [0.5, 0.6) is 0 Å². The molecule has 4 aromatic rings. The van der Waals surface area contributed by atoms with Gasteiger partial charge in [-0.25, -0.2) is 9.50 Å². The maximum Gasteiger partial charge on any atom is 0.276 e. The average Bonchev–Trinajstić information content (AvgIpc) is 3.06. The Morgan fingerprint density at radius 3 is 2.57 bits per heavy atom. The lowest BCUT2D eigenvalue weighted by atomic mass is 10.1. The van der Waals surface area contributed by atoms with E-state index in [1.807, 2.05) is 24.3 Å². The number of hydrogen-bond acceptors (Lipinski definition) is 4. The zero-order chi connectivity index (χ0) is 21.3. The third kappa shape index (κ3) is 3.80. The maximum atomic E-state index is 13.0. The van der Waals surface area contributed by atoms with E-state index < -0.39 is 0 Å². The highest BCUT2D eigenvalue weighted by molar-refractivity contribution is 5.94. The second-order valence-electron chi connectivity index (χ2n) is 7.11. The topological polar surface area (TPSA) is 108 Å². The van der Waals surface area contributed by atoms with E-state index in [0.29, 0.717) is 28.3 Å². The minimum Gasteiger partial charge on any atom is -0.326 e. The number of carbonyl (C=O) groups is 2. The third-order valence-corrected chi connectivity index (χ3v) is 4.85. The van der Waals surface area contributed by atoms with Gasteiger partial charge in [-0.15, -0.1) is 0 Å². The Kier molecular flexibility index (Phi) is 5.05. The molecule has 8 heteroatoms. The van der Waals surface area contributed by atoms with Gasteiger partial charge >= 0.3 is 0 Å². The molecule has 0 saturated carbocycles. The summed E-state index contributed by atoms with van der Waals surface area (Å²) in [7, 11) is 0. The quantitative estimate of drug-likeness (QED) is 0.476. The molecule has 4 rings (SSSR count). The van der Waals surface area contributed by atoms with E-state index in [1.54, 1.807) is 31.2 Å². The number of hydrogen-bond donors (Lipinski definition) is 3. The first-order valence-corrected chi connectivity index (χ1v) is 9.59. The smallest absolute Gasteiger partial charge is 0.276 e. The number of para-hydroxylation sites is 1. The fourth-order valence-corrected chi connectivity index (χ4v) is 3.47. The Balaban J connectivity index is 1.52. The van der Waals surface area contributed by atoms with Crippen LogP contribution in [0.4, 0.5) is 11.4 Å². The molecule has 0 fully saturated rings. The molecule has 0 bridgehead atoms. The van der Waals surface area contributed by atoms with Crippen LogP contribution in [0.15, 0.2) is 53.3 Å². The Morgan fingerprint density at radius 1 is 1.07 bits per heavy atom. The van der Waals surface area contributed by atoms with E-state index in [2.05, 4.69) is 20.7 Å². The van der Waals surface area contributed by atoms with Crippen LogP contribution in [0.1, 0.15) is 24.6 Å². The molecule has 0 aliphatic carbocycles. The molecule has 2 aromatic carbocycles. The first-order valence-electron chi connectivity index (χ1n) is 9.59. The number of nitrogens with one attached hydrogen (secondary N) is 3. The normalized spacial score (nSPS) is 11.0. The van der Waals surface area contributed by atoms with E-state index in [0.717, 1.165) is 10.9 Å². The number of aryl methyl sites for hydroxylation is 1. The molecular weight excluding hydrogens is 382 g/mol. The van der Waals surface area contributed by atoms with Crippen molar-refractivity contribution < 1.29 is 9.59 Å². The molecule has 0 unspecified atom stereocenters. The predicted molar refractivity (Wildman–Crippen MR) is 116 cm³/mol. The van der Waals surface area contributed by atoms with Gasteiger partial charge in [0, 0.05) is 41.4 Å². The molecule has 2 aromatic heterocycles. The molecular formula is C22H21N5O3. The number of carbonyl (C=O) groups excluding carboxylic acids is 2. The van der Waals surface area contributed by atoms with Gasteiger partial charge in [0.1, 0.15) is 0 Å². The lowest BCUT2D eigenvalue weighted by Crippen LogP contribution is -2.23. The summed E-state index contributed by atoms with van der Waals surface area (Å²) >= 11 is 0. The Labute approximate surface area is 171 Å². The number of fused-ring (bicyclic) bond motifs is 3. The fraction of sp³-hybridized carbons (Fsp3) is 0.182. The SMILES string of the molecule is CC(=O)Nc1cccc(NC(=O)CCc2c(C)nc3c4ccccc4[nH]n3c2=O)c1. The van der Waals surface area contributed by atoms with Crippen LogP contribution in [0.2, 0.25) is 0 Å². The summed E-state index contributed by atoms with van der Waals surface area (Å²) in [6.07, 6.45) is 0.404. The number of amides is 2. The van der Waals surface area contributed by atoms with E-state index >= 15 is 0 Å². The second kappa shape index (κ2) is 7.82. The molecule has 0 radical (unpaired) electrons. The van der Waals surface area contributed by atoms with Crippen LogP contribution >= 0.6 is 0 Å². The molecule has 0 aliphatic rings. The van der Waals surface area contributed by atoms with E-state index in [4.69, 9.17) is 0 Å². The number of rotatable bonds is 5. The van der Waals surface area contributed by atoms with E-state index in [1.165, 1.54) is 11.4 Å². The van der Waals surface area contributed by atoms with E-state index in [-0.39, 0.29) is 30.2 Å². The summed E-state index contributed by atoms with van der Waals surface area (Å²) in [5.74, 6) is -0.412. The van der Waals surface area contributed by atoms with Crippen molar-refractivity contribution in [2.75, 3.05) is 10.6 Å². The Morgan fingerprint density at radius 2 is 1.80 bits per heavy atom. The van der Waals surface area contributed by atoms with Gasteiger partial charge in [0.2, 0.25) is 11.8 Å². The Hall–Kier alpha value is -3.94. The van der Waals surface area contributed by atoms with Gasteiger partial charge in [0.05, 0.1) is 5.52 Å². The minimum atomic E-state index is -0.226. The summed E-state index contributed by atoms with van der Waals surface area (Å²) in [4.78, 5) is 41.1. The van der Waals surface area contributed by atoms with Crippen molar-refractivity contribution in [3.05, 3.63) is 70.1 Å². The maximum absolute atomic E-state index is 13.0. The predicted octanol–water partition coefficient (Wildman–Crippen LogP) is 3.01. The lowest BCUT2D eigenvalue weighted by molar-refractivity contribution is -0.116. The van der Waals surface area contributed by atoms with Gasteiger partial charge in [0.15, 0.2) is 5.65 Å². The summed E-state index contributed by atoms with van der Waals surface area (Å²) in [5.41, 5.74) is 3.50. The monoisotopic (exact) mass is 403 g/mol. The van der Waals surface area contributed by atoms with Gasteiger partial charge in [-0.1, -0.05) is 18.2 Å². The number of anilines is 2. The highest BCUT2D eigenvalue weighted by Gasteiger charge is 2.15. The molecule has 0 atom stereocenters. The molecule has 2 amide bonds. The first kappa shape index (κ1) is 19.4. The first-order chi connectivity index (χ1) is 14.4. The number of nitrogens with zero attached hydrogens (tertiary/aromatic N) is 2. The molecule has 152 valence electrons. The molecule has 8 nitrogen and oxygen atoms in total. The van der Waals surface area contributed by atoms with Crippen molar-refractivity contribution in [3.8, 4) is 0 Å². The number of aromatic amines is 1. The molecule has 30 heavy (non-hydrogen) atoms. The summed E-state index contributed by atoms with van der Waals surface area (Å²) < 4.78 is 1.43. The zero-order valence-electron chi connectivity index (χ0n) is 16.7. The molecule has 3 N–H and O–H groups in total. The van der Waals surface area contributed by atoms with Gasteiger partial charge < -0.3 is 10.6 Å². The summed E-state index contributed by atoms with van der Waals surface area (Å²) in [6.45, 7) is 3.21. The fourth-order valence-electron chi connectivity index (χ4n) is 3.47. The van der Waals surface area contributed by atoms with Crippen molar-refractivity contribution in [3.63, 3.8) is 0 Å². The highest BCUT2D eigenvalue weighted by Crippen LogP contribution is 2.18. The average molecular weight is 403 g/mol. The van der Waals surface area contributed by atoms with Crippen LogP contribution in [-0.4, -0.2) is 26.4 Å². The number of H-pyrrole nitrogens is 1. The third-order valence-electron chi connectivity index (χ3n) is 4.85. The van der Waals surface area contributed by atoms with Crippen LogP contribution < -0.4 is 16.2 Å². The van der Waals surface area contributed by atoms with Crippen LogP contribution in [0.25, 0.3) is 16.6 Å². The molecule has 0 spiro atoms. The number of benzene rings is 2. The van der Waals surface area contributed by atoms with Crippen molar-refractivity contribution in [2.45, 2.75) is 26.7 Å². The highest BCUT2D eigenvalue weighted by atomic mass is 16.2. The minimum absolute atomic E-state index is 0.133. The molecule has 2 heterocycles. The zero-order valence-corrected chi connectivity index (χ0v) is 16.7. The lowest BCUT2D eigenvalue weighted by Gasteiger charge is -2.09. The van der Waals surface area contributed by atoms with Gasteiger partial charge in [-0.3, -0.25) is 19.5 Å². The Bertz CT molecular complexity index is 1340. The van der Waals surface area contributed by atoms with E-state index in [9.17, 15) is 14.4 Å². The van der Waals surface area contributed by atoms with Gasteiger partial charge in [-0.05, 0) is 43.7 Å².